The van der Waals surface area contributed by atoms with E-state index in [9.17, 15) is 14.1 Å². The summed E-state index contributed by atoms with van der Waals surface area (Å²) in [7, 11) is 0. The summed E-state index contributed by atoms with van der Waals surface area (Å²) < 4.78 is 21.5. The van der Waals surface area contributed by atoms with Gasteiger partial charge in [0.2, 0.25) is 11.3 Å². The molecule has 1 aromatic rings. The molecular weight excluding hydrogens is 292 g/mol. The first-order valence-corrected chi connectivity index (χ1v) is 7.70. The molecule has 0 aromatic heterocycles. The summed E-state index contributed by atoms with van der Waals surface area (Å²) in [5.41, 5.74) is 2.59. The highest BCUT2D eigenvalue weighted by Gasteiger charge is 2.35. The fourth-order valence-electron chi connectivity index (χ4n) is 2.76. The molecule has 7 heteroatoms. The molecule has 2 atom stereocenters. The van der Waals surface area contributed by atoms with Gasteiger partial charge in [0, 0.05) is 26.2 Å². The minimum Gasteiger partial charge on any atom is -0.378 e. The van der Waals surface area contributed by atoms with E-state index in [1.54, 1.807) is 29.2 Å². The van der Waals surface area contributed by atoms with Gasteiger partial charge in [-0.2, -0.15) is 4.31 Å². The van der Waals surface area contributed by atoms with Gasteiger partial charge in [-0.25, -0.2) is 4.21 Å². The van der Waals surface area contributed by atoms with Gasteiger partial charge < -0.3 is 10.0 Å². The lowest BCUT2D eigenvalue weighted by Crippen LogP contribution is -2.37. The van der Waals surface area contributed by atoms with Crippen LogP contribution < -0.4 is 0 Å². The maximum absolute atomic E-state index is 12.3. The van der Waals surface area contributed by atoms with Crippen molar-refractivity contribution in [3.05, 3.63) is 47.0 Å². The first-order chi connectivity index (χ1) is 10.1. The summed E-state index contributed by atoms with van der Waals surface area (Å²) in [6, 6.07) is 8.83. The molecule has 1 amide bonds. The van der Waals surface area contributed by atoms with Crippen LogP contribution in [0.4, 0.5) is 0 Å². The van der Waals surface area contributed by atoms with Gasteiger partial charge in [0.1, 0.15) is 0 Å². The molecule has 1 aromatic carbocycles. The van der Waals surface area contributed by atoms with Gasteiger partial charge in [-0.05, 0) is 16.7 Å². The summed E-state index contributed by atoms with van der Waals surface area (Å²) in [4.78, 5) is 13.9. The molecule has 0 fully saturated rings. The Hall–Kier alpha value is -1.54. The number of carbonyl (C=O) groups excluding carboxylic acids is 1. The second-order valence-corrected chi connectivity index (χ2v) is 6.22. The van der Waals surface area contributed by atoms with Gasteiger partial charge >= 0.3 is 0 Å². The number of nitrogens with zero attached hydrogens (tertiary/aromatic N) is 2. The van der Waals surface area contributed by atoms with Crippen molar-refractivity contribution < 1.29 is 18.7 Å². The number of amides is 1. The third kappa shape index (κ3) is 2.77. The second kappa shape index (κ2) is 5.69. The lowest BCUT2D eigenvalue weighted by atomic mass is 10.1. The summed E-state index contributed by atoms with van der Waals surface area (Å²) in [6.07, 6.45) is -1.16. The smallest absolute Gasteiger partial charge is 0.256 e. The summed E-state index contributed by atoms with van der Waals surface area (Å²) in [5.74, 6) is -0.327. The van der Waals surface area contributed by atoms with Gasteiger partial charge in [0.25, 0.3) is 5.91 Å². The van der Waals surface area contributed by atoms with Crippen LogP contribution in [0, 0.1) is 0 Å². The highest BCUT2D eigenvalue weighted by molar-refractivity contribution is 7.76. The summed E-state index contributed by atoms with van der Waals surface area (Å²) in [5, 5.41) is 10.1. The maximum atomic E-state index is 12.3. The molecule has 2 aliphatic rings. The Bertz CT molecular complexity index is 599. The quantitative estimate of drug-likeness (QED) is 0.622. The molecule has 2 aliphatic heterocycles. The zero-order valence-electron chi connectivity index (χ0n) is 11.3. The lowest BCUT2D eigenvalue weighted by Gasteiger charge is -2.23. The van der Waals surface area contributed by atoms with Crippen LogP contribution in [0.5, 0.6) is 0 Å². The Labute approximate surface area is 125 Å². The fourth-order valence-corrected chi connectivity index (χ4v) is 3.30. The Balaban J connectivity index is 1.64. The van der Waals surface area contributed by atoms with Gasteiger partial charge in [0.15, 0.2) is 6.10 Å². The molecule has 112 valence electrons. The van der Waals surface area contributed by atoms with E-state index in [-0.39, 0.29) is 5.91 Å². The van der Waals surface area contributed by atoms with Gasteiger partial charge in [-0.15, -0.1) is 0 Å². The molecule has 2 heterocycles. The number of rotatable bonds is 3. The molecule has 6 nitrogen and oxygen atoms in total. The lowest BCUT2D eigenvalue weighted by molar-refractivity contribution is -0.139. The molecule has 0 radical (unpaired) electrons. The molecule has 2 N–H and O–H groups in total. The van der Waals surface area contributed by atoms with Crippen molar-refractivity contribution in [3.63, 3.8) is 0 Å². The number of aliphatic hydroxyl groups excluding tert-OH is 1. The highest BCUT2D eigenvalue weighted by Crippen LogP contribution is 2.28. The largest absolute Gasteiger partial charge is 0.378 e. The zero-order valence-corrected chi connectivity index (χ0v) is 12.1. The molecule has 0 saturated carbocycles. The predicted octanol–water partition coefficient (Wildman–Crippen LogP) is 0.311. The topological polar surface area (TPSA) is 81.1 Å². The number of hydrogen-bond acceptors (Lipinski definition) is 3. The summed E-state index contributed by atoms with van der Waals surface area (Å²) >= 11 is -1.97. The van der Waals surface area contributed by atoms with Crippen molar-refractivity contribution in [2.45, 2.75) is 6.10 Å². The zero-order chi connectivity index (χ0) is 15.0. The van der Waals surface area contributed by atoms with Crippen LogP contribution in [0.1, 0.15) is 11.7 Å². The van der Waals surface area contributed by atoms with Crippen molar-refractivity contribution >= 4 is 17.2 Å². The first kappa shape index (κ1) is 14.4. The minimum absolute atomic E-state index is 0.327. The average Bonchev–Trinajstić information content (AvgIpc) is 3.05. The van der Waals surface area contributed by atoms with Crippen molar-refractivity contribution in [2.24, 2.45) is 0 Å². The van der Waals surface area contributed by atoms with Crippen LogP contribution >= 0.6 is 0 Å². The van der Waals surface area contributed by atoms with E-state index in [2.05, 4.69) is 0 Å². The Kier molecular flexibility index (Phi) is 3.90. The molecule has 2 unspecified atom stereocenters. The minimum atomic E-state index is -1.97. The standard InChI is InChI=1S/C14H16N2O4S/c17-13(10-4-2-1-3-5-10)14(18)15-6-11-8-16(21(19)20)9-12(11)7-15/h1-5,13,17H,6-9H2,(H,19,20). The third-order valence-corrected chi connectivity index (χ3v) is 4.58. The van der Waals surface area contributed by atoms with E-state index >= 15 is 0 Å². The number of hydrogen-bond donors (Lipinski definition) is 2. The first-order valence-electron chi connectivity index (χ1n) is 6.63. The molecule has 0 saturated heterocycles. The Morgan fingerprint density at radius 1 is 1.10 bits per heavy atom. The van der Waals surface area contributed by atoms with E-state index in [4.69, 9.17) is 4.55 Å². The number of carbonyl (C=O) groups is 1. The second-order valence-electron chi connectivity index (χ2n) is 5.24. The van der Waals surface area contributed by atoms with Crippen molar-refractivity contribution in [2.75, 3.05) is 26.2 Å². The molecule has 0 bridgehead atoms. The highest BCUT2D eigenvalue weighted by atomic mass is 32.2. The van der Waals surface area contributed by atoms with E-state index in [1.807, 2.05) is 6.07 Å². The van der Waals surface area contributed by atoms with E-state index in [0.29, 0.717) is 31.7 Å². The van der Waals surface area contributed by atoms with E-state index in [1.165, 1.54) is 4.31 Å². The molecule has 3 rings (SSSR count). The predicted molar refractivity (Wildman–Crippen MR) is 77.4 cm³/mol. The van der Waals surface area contributed by atoms with Crippen molar-refractivity contribution in [1.82, 2.24) is 9.21 Å². The van der Waals surface area contributed by atoms with Crippen LogP contribution in [0.3, 0.4) is 0 Å². The molecule has 0 spiro atoms. The van der Waals surface area contributed by atoms with E-state index in [0.717, 1.165) is 11.1 Å². The number of benzene rings is 1. The van der Waals surface area contributed by atoms with Crippen molar-refractivity contribution in [3.8, 4) is 0 Å². The normalized spacial score (nSPS) is 21.5. The van der Waals surface area contributed by atoms with Crippen LogP contribution in [-0.2, 0) is 16.1 Å². The van der Waals surface area contributed by atoms with Gasteiger partial charge in [-0.1, -0.05) is 30.3 Å². The average molecular weight is 308 g/mol. The van der Waals surface area contributed by atoms with E-state index < -0.39 is 17.4 Å². The van der Waals surface area contributed by atoms with Crippen LogP contribution in [0.2, 0.25) is 0 Å². The summed E-state index contributed by atoms with van der Waals surface area (Å²) in [6.45, 7) is 1.66. The molecule has 0 aliphatic carbocycles. The van der Waals surface area contributed by atoms with Gasteiger partial charge in [0.05, 0.1) is 0 Å². The fraction of sp³-hybridized carbons (Fsp3) is 0.357. The van der Waals surface area contributed by atoms with Crippen molar-refractivity contribution in [1.29, 1.82) is 0 Å². The SMILES string of the molecule is O=C(C(O)c1ccccc1)N1CC2=C(C1)CN(S(=O)O)C2. The van der Waals surface area contributed by atoms with Crippen LogP contribution in [0.15, 0.2) is 41.5 Å². The third-order valence-electron chi connectivity index (χ3n) is 3.88. The molecular formula is C14H16N2O4S. The number of aliphatic hydroxyl groups is 1. The maximum Gasteiger partial charge on any atom is 0.256 e. The Morgan fingerprint density at radius 3 is 2.19 bits per heavy atom. The monoisotopic (exact) mass is 308 g/mol. The Morgan fingerprint density at radius 2 is 1.67 bits per heavy atom. The van der Waals surface area contributed by atoms with Crippen LogP contribution in [-0.4, -0.2) is 55.2 Å². The van der Waals surface area contributed by atoms with Crippen LogP contribution in [0.25, 0.3) is 0 Å². The molecule has 21 heavy (non-hydrogen) atoms. The van der Waals surface area contributed by atoms with Gasteiger partial charge in [-0.3, -0.25) is 9.35 Å².